The van der Waals surface area contributed by atoms with E-state index in [1.165, 1.54) is 24.6 Å². The molecule has 3 unspecified atom stereocenters. The average molecular weight is 445 g/mol. The van der Waals surface area contributed by atoms with E-state index in [9.17, 15) is 20.1 Å². The van der Waals surface area contributed by atoms with E-state index in [1.807, 2.05) is 0 Å². The van der Waals surface area contributed by atoms with E-state index in [0.717, 1.165) is 51.5 Å². The molecule has 0 aromatic heterocycles. The Morgan fingerprint density at radius 3 is 2.50 bits per heavy atom. The standard InChI is InChI=1S/C22H40N2O5S/c1-3-6-13-9-10-15(23-12-11-13)21(28)24-16(14-7-4-5-8-14)20-18(26)17(25)19(27)22(29-20)30-2/h13-20,22-23,25-27H,3-12H2,1-2H3,(H,24,28)/t13?,15?,16?,17-,18+,19+,20+,22+/m0/s1. The molecule has 2 saturated heterocycles. The largest absolute Gasteiger partial charge is 0.388 e. The van der Waals surface area contributed by atoms with E-state index in [4.69, 9.17) is 4.74 Å². The van der Waals surface area contributed by atoms with Gasteiger partial charge >= 0.3 is 0 Å². The average Bonchev–Trinajstić information content (AvgIpc) is 3.17. The van der Waals surface area contributed by atoms with Gasteiger partial charge in [0.15, 0.2) is 0 Å². The van der Waals surface area contributed by atoms with Gasteiger partial charge in [0.05, 0.1) is 12.1 Å². The molecule has 0 aromatic carbocycles. The maximum absolute atomic E-state index is 13.2. The molecule has 0 aromatic rings. The Kier molecular flexibility index (Phi) is 9.28. The van der Waals surface area contributed by atoms with E-state index in [0.29, 0.717) is 5.92 Å². The summed E-state index contributed by atoms with van der Waals surface area (Å²) >= 11 is 1.31. The Bertz CT molecular complexity index is 546. The van der Waals surface area contributed by atoms with Crippen LogP contribution in [-0.2, 0) is 9.53 Å². The van der Waals surface area contributed by atoms with E-state index in [1.54, 1.807) is 6.26 Å². The topological polar surface area (TPSA) is 111 Å². The molecule has 1 amide bonds. The fraction of sp³-hybridized carbons (Fsp3) is 0.955. The van der Waals surface area contributed by atoms with E-state index in [-0.39, 0.29) is 23.9 Å². The molecule has 30 heavy (non-hydrogen) atoms. The first kappa shape index (κ1) is 24.3. The molecule has 2 heterocycles. The maximum Gasteiger partial charge on any atom is 0.237 e. The van der Waals surface area contributed by atoms with Crippen LogP contribution in [0.2, 0.25) is 0 Å². The third kappa shape index (κ3) is 5.70. The van der Waals surface area contributed by atoms with Crippen molar-refractivity contribution in [1.82, 2.24) is 10.6 Å². The lowest BCUT2D eigenvalue weighted by Gasteiger charge is -2.45. The summed E-state index contributed by atoms with van der Waals surface area (Å²) < 4.78 is 6.03. The third-order valence-electron chi connectivity index (χ3n) is 7.23. The molecule has 3 fully saturated rings. The number of hydrogen-bond donors (Lipinski definition) is 5. The van der Waals surface area contributed by atoms with Crippen molar-refractivity contribution in [3.63, 3.8) is 0 Å². The Hall–Kier alpha value is -0.380. The summed E-state index contributed by atoms with van der Waals surface area (Å²) in [5.74, 6) is 0.840. The second kappa shape index (κ2) is 11.5. The van der Waals surface area contributed by atoms with Crippen LogP contribution >= 0.6 is 11.8 Å². The van der Waals surface area contributed by atoms with E-state index >= 15 is 0 Å². The fourth-order valence-electron chi connectivity index (χ4n) is 5.45. The van der Waals surface area contributed by atoms with Crippen LogP contribution in [0.15, 0.2) is 0 Å². The van der Waals surface area contributed by atoms with Gasteiger partial charge in [-0.25, -0.2) is 0 Å². The lowest BCUT2D eigenvalue weighted by molar-refractivity contribution is -0.208. The van der Waals surface area contributed by atoms with Gasteiger partial charge in [0, 0.05) is 0 Å². The van der Waals surface area contributed by atoms with Gasteiger partial charge < -0.3 is 30.7 Å². The molecule has 0 radical (unpaired) electrons. The highest BCUT2D eigenvalue weighted by Crippen LogP contribution is 2.36. The highest BCUT2D eigenvalue weighted by Gasteiger charge is 2.49. The summed E-state index contributed by atoms with van der Waals surface area (Å²) in [5.41, 5.74) is -0.625. The van der Waals surface area contributed by atoms with Crippen LogP contribution in [0.25, 0.3) is 0 Å². The summed E-state index contributed by atoms with van der Waals surface area (Å²) in [6.45, 7) is 3.05. The Balaban J connectivity index is 1.70. The monoisotopic (exact) mass is 444 g/mol. The lowest BCUT2D eigenvalue weighted by atomic mass is 9.86. The van der Waals surface area contributed by atoms with Crippen molar-refractivity contribution in [1.29, 1.82) is 0 Å². The van der Waals surface area contributed by atoms with Crippen molar-refractivity contribution in [2.24, 2.45) is 11.8 Å². The number of thioether (sulfide) groups is 1. The van der Waals surface area contributed by atoms with Gasteiger partial charge in [-0.3, -0.25) is 4.79 Å². The molecule has 8 atom stereocenters. The molecule has 0 spiro atoms. The minimum Gasteiger partial charge on any atom is -0.388 e. The van der Waals surface area contributed by atoms with Crippen LogP contribution in [0, 0.1) is 11.8 Å². The fourth-order valence-corrected chi connectivity index (χ4v) is 6.13. The van der Waals surface area contributed by atoms with Crippen LogP contribution < -0.4 is 10.6 Å². The predicted octanol–water partition coefficient (Wildman–Crippen LogP) is 1.39. The molecule has 1 saturated carbocycles. The first-order valence-electron chi connectivity index (χ1n) is 11.7. The van der Waals surface area contributed by atoms with Crippen molar-refractivity contribution in [3.05, 3.63) is 0 Å². The molecule has 3 rings (SSSR count). The quantitative estimate of drug-likeness (QED) is 0.403. The first-order chi connectivity index (χ1) is 14.5. The summed E-state index contributed by atoms with van der Waals surface area (Å²) in [6, 6.07) is -0.605. The Morgan fingerprint density at radius 1 is 1.10 bits per heavy atom. The van der Waals surface area contributed by atoms with Gasteiger partial charge in [0.1, 0.15) is 29.9 Å². The summed E-state index contributed by atoms with van der Waals surface area (Å²) in [5, 5.41) is 37.9. The predicted molar refractivity (Wildman–Crippen MR) is 118 cm³/mol. The summed E-state index contributed by atoms with van der Waals surface area (Å²) in [6.07, 6.45) is 6.89. The number of rotatable bonds is 7. The highest BCUT2D eigenvalue weighted by atomic mass is 32.2. The van der Waals surface area contributed by atoms with Crippen molar-refractivity contribution in [2.45, 2.75) is 107 Å². The molecule has 1 aliphatic carbocycles. The molecular formula is C22H40N2O5S. The molecule has 174 valence electrons. The normalized spacial score (nSPS) is 39.4. The molecule has 0 bridgehead atoms. The van der Waals surface area contributed by atoms with Crippen LogP contribution in [0.5, 0.6) is 0 Å². The number of aliphatic hydroxyl groups is 3. The van der Waals surface area contributed by atoms with Crippen LogP contribution in [-0.4, -0.2) is 76.0 Å². The number of carbonyl (C=O) groups is 1. The maximum atomic E-state index is 13.2. The summed E-state index contributed by atoms with van der Waals surface area (Å²) in [4.78, 5) is 13.2. The van der Waals surface area contributed by atoms with Gasteiger partial charge in [0.2, 0.25) is 5.91 Å². The number of ether oxygens (including phenoxy) is 1. The van der Waals surface area contributed by atoms with Crippen molar-refractivity contribution in [2.75, 3.05) is 12.8 Å². The molecule has 7 nitrogen and oxygen atoms in total. The van der Waals surface area contributed by atoms with Crippen LogP contribution in [0.1, 0.15) is 64.7 Å². The van der Waals surface area contributed by atoms with Crippen molar-refractivity contribution >= 4 is 17.7 Å². The second-order valence-corrected chi connectivity index (χ2v) is 10.2. The minimum absolute atomic E-state index is 0.0406. The van der Waals surface area contributed by atoms with Gasteiger partial charge in [0.25, 0.3) is 0 Å². The smallest absolute Gasteiger partial charge is 0.237 e. The van der Waals surface area contributed by atoms with E-state index in [2.05, 4.69) is 17.6 Å². The second-order valence-electron chi connectivity index (χ2n) is 9.28. The van der Waals surface area contributed by atoms with Gasteiger partial charge in [-0.2, -0.15) is 0 Å². The number of nitrogens with one attached hydrogen (secondary N) is 2. The number of carbonyl (C=O) groups excluding carboxylic acids is 1. The third-order valence-corrected chi connectivity index (χ3v) is 8.08. The van der Waals surface area contributed by atoms with Crippen molar-refractivity contribution in [3.8, 4) is 0 Å². The van der Waals surface area contributed by atoms with Crippen LogP contribution in [0.4, 0.5) is 0 Å². The molecule has 5 N–H and O–H groups in total. The SMILES string of the molecule is CCCC1CCNC(C(=O)NC(C2CCCC2)[C@H]2O[C@H](SC)[C@H](O)[C@@H](O)[C@H]2O)CC1. The zero-order chi connectivity index (χ0) is 21.7. The van der Waals surface area contributed by atoms with Gasteiger partial charge in [-0.15, -0.1) is 11.8 Å². The first-order valence-corrected chi connectivity index (χ1v) is 13.0. The highest BCUT2D eigenvalue weighted by molar-refractivity contribution is 7.99. The minimum atomic E-state index is -1.28. The molecule has 3 aliphatic rings. The molecule has 8 heteroatoms. The lowest BCUT2D eigenvalue weighted by Crippen LogP contribution is -2.65. The number of amides is 1. The number of hydrogen-bond acceptors (Lipinski definition) is 7. The summed E-state index contributed by atoms with van der Waals surface area (Å²) in [7, 11) is 0. The Morgan fingerprint density at radius 2 is 1.83 bits per heavy atom. The zero-order valence-electron chi connectivity index (χ0n) is 18.3. The van der Waals surface area contributed by atoms with Gasteiger partial charge in [-0.05, 0) is 56.7 Å². The Labute approximate surface area is 184 Å². The molecule has 2 aliphatic heterocycles. The van der Waals surface area contributed by atoms with E-state index < -0.39 is 29.9 Å². The van der Waals surface area contributed by atoms with Crippen LogP contribution in [0.3, 0.4) is 0 Å². The van der Waals surface area contributed by atoms with Crippen molar-refractivity contribution < 1.29 is 24.9 Å². The molecular weight excluding hydrogens is 404 g/mol. The zero-order valence-corrected chi connectivity index (χ0v) is 19.2. The van der Waals surface area contributed by atoms with Gasteiger partial charge in [-0.1, -0.05) is 32.6 Å². The number of aliphatic hydroxyl groups excluding tert-OH is 3.